The highest BCUT2D eigenvalue weighted by atomic mass is 19.1. The van der Waals surface area contributed by atoms with Gasteiger partial charge in [-0.3, -0.25) is 9.78 Å². The Labute approximate surface area is 187 Å². The van der Waals surface area contributed by atoms with Crippen LogP contribution in [0.15, 0.2) is 66.9 Å². The second-order valence-electron chi connectivity index (χ2n) is 8.51. The topological polar surface area (TPSA) is 74.2 Å². The maximum absolute atomic E-state index is 13.5. The van der Waals surface area contributed by atoms with Crippen LogP contribution in [0, 0.1) is 11.7 Å². The predicted molar refractivity (Wildman–Crippen MR) is 123 cm³/mol. The summed E-state index contributed by atoms with van der Waals surface area (Å²) in [5.41, 5.74) is 4.80. The zero-order valence-electron chi connectivity index (χ0n) is 18.1. The molecule has 2 heterocycles. The minimum absolute atomic E-state index is 0.0291. The molecule has 3 aromatic rings. The Morgan fingerprint density at radius 1 is 1.19 bits per heavy atom. The van der Waals surface area contributed by atoms with Crippen LogP contribution in [0.3, 0.4) is 0 Å². The van der Waals surface area contributed by atoms with Crippen LogP contribution in [0.2, 0.25) is 0 Å². The average molecular weight is 434 g/mol. The van der Waals surface area contributed by atoms with Gasteiger partial charge in [0, 0.05) is 31.1 Å². The number of halogens is 1. The molecule has 1 aliphatic rings. The van der Waals surface area contributed by atoms with Crippen LogP contribution in [-0.2, 0) is 17.6 Å². The lowest BCUT2D eigenvalue weighted by atomic mass is 9.86. The standard InChI is InChI=1S/C26H28FN3O2/c1-17(20-9-5-6-18(10-20)11-25(31)32)14-30-26(19-7-3-2-4-8-19)21-12-23-24(28-15-21)13-22(27)16-29-23/h2-10,13,16-17,21,26,28,30H,11-12,14-15H2,1H3,(H,31,32)/t17?,21-,26-/m1/s1. The molecule has 0 fully saturated rings. The third-order valence-electron chi connectivity index (χ3n) is 6.10. The molecule has 0 saturated heterocycles. The van der Waals surface area contributed by atoms with Crippen molar-refractivity contribution >= 4 is 11.7 Å². The molecule has 1 aliphatic heterocycles. The van der Waals surface area contributed by atoms with Gasteiger partial charge in [-0.2, -0.15) is 0 Å². The summed E-state index contributed by atoms with van der Waals surface area (Å²) in [7, 11) is 0. The molecule has 0 spiro atoms. The Morgan fingerprint density at radius 2 is 1.97 bits per heavy atom. The first-order valence-corrected chi connectivity index (χ1v) is 11.0. The summed E-state index contributed by atoms with van der Waals surface area (Å²) in [6.07, 6.45) is 2.07. The molecule has 0 aliphatic carbocycles. The molecule has 3 atom stereocenters. The zero-order chi connectivity index (χ0) is 22.5. The minimum atomic E-state index is -0.823. The van der Waals surface area contributed by atoms with Gasteiger partial charge in [-0.25, -0.2) is 4.39 Å². The van der Waals surface area contributed by atoms with E-state index in [4.69, 9.17) is 5.11 Å². The maximum atomic E-state index is 13.5. The summed E-state index contributed by atoms with van der Waals surface area (Å²) >= 11 is 0. The number of carboxylic acid groups (broad SMARTS) is 1. The van der Waals surface area contributed by atoms with E-state index in [0.717, 1.165) is 42.0 Å². The Bertz CT molecular complexity index is 1070. The number of hydrogen-bond acceptors (Lipinski definition) is 4. The summed E-state index contributed by atoms with van der Waals surface area (Å²) < 4.78 is 13.5. The highest BCUT2D eigenvalue weighted by Gasteiger charge is 2.28. The van der Waals surface area contributed by atoms with Crippen molar-refractivity contribution in [2.45, 2.75) is 31.7 Å². The first-order chi connectivity index (χ1) is 15.5. The van der Waals surface area contributed by atoms with Gasteiger partial charge in [0.25, 0.3) is 0 Å². The minimum Gasteiger partial charge on any atom is -0.481 e. The van der Waals surface area contributed by atoms with Crippen molar-refractivity contribution in [1.82, 2.24) is 10.3 Å². The lowest BCUT2D eigenvalue weighted by Gasteiger charge is -2.33. The molecule has 5 nitrogen and oxygen atoms in total. The van der Waals surface area contributed by atoms with Gasteiger partial charge < -0.3 is 15.7 Å². The van der Waals surface area contributed by atoms with Gasteiger partial charge in [0.15, 0.2) is 0 Å². The van der Waals surface area contributed by atoms with Crippen LogP contribution in [0.5, 0.6) is 0 Å². The van der Waals surface area contributed by atoms with Gasteiger partial charge in [-0.1, -0.05) is 61.5 Å². The number of carbonyl (C=O) groups is 1. The van der Waals surface area contributed by atoms with E-state index < -0.39 is 5.97 Å². The largest absolute Gasteiger partial charge is 0.481 e. The number of anilines is 1. The normalized spacial score (nSPS) is 17.1. The Kier molecular flexibility index (Phi) is 6.81. The number of pyridine rings is 1. The number of carboxylic acids is 1. The summed E-state index contributed by atoms with van der Waals surface area (Å²) in [6, 6.07) is 19.8. The van der Waals surface area contributed by atoms with Gasteiger partial charge in [0.05, 0.1) is 24.0 Å². The summed E-state index contributed by atoms with van der Waals surface area (Å²) in [4.78, 5) is 15.4. The van der Waals surface area contributed by atoms with Gasteiger partial charge in [-0.05, 0) is 29.0 Å². The molecule has 6 heteroatoms. The third kappa shape index (κ3) is 5.32. The second kappa shape index (κ2) is 9.92. The molecule has 32 heavy (non-hydrogen) atoms. The molecule has 0 saturated carbocycles. The van der Waals surface area contributed by atoms with Crippen molar-refractivity contribution in [3.8, 4) is 0 Å². The van der Waals surface area contributed by atoms with Crippen LogP contribution < -0.4 is 10.6 Å². The fraction of sp³-hybridized carbons (Fsp3) is 0.308. The van der Waals surface area contributed by atoms with Crippen molar-refractivity contribution < 1.29 is 14.3 Å². The lowest BCUT2D eigenvalue weighted by molar-refractivity contribution is -0.136. The highest BCUT2D eigenvalue weighted by molar-refractivity contribution is 5.70. The van der Waals surface area contributed by atoms with Crippen LogP contribution in [0.1, 0.15) is 41.3 Å². The second-order valence-corrected chi connectivity index (χ2v) is 8.51. The van der Waals surface area contributed by atoms with Crippen molar-refractivity contribution in [3.63, 3.8) is 0 Å². The van der Waals surface area contributed by atoms with E-state index in [0.29, 0.717) is 0 Å². The quantitative estimate of drug-likeness (QED) is 0.485. The van der Waals surface area contributed by atoms with Crippen molar-refractivity contribution in [2.24, 2.45) is 5.92 Å². The fourth-order valence-corrected chi connectivity index (χ4v) is 4.40. The number of aromatic nitrogens is 1. The molecule has 166 valence electrons. The van der Waals surface area contributed by atoms with E-state index in [1.54, 1.807) is 0 Å². The van der Waals surface area contributed by atoms with Gasteiger partial charge in [0.1, 0.15) is 5.82 Å². The Morgan fingerprint density at radius 3 is 2.75 bits per heavy atom. The molecular weight excluding hydrogens is 405 g/mol. The number of rotatable bonds is 8. The summed E-state index contributed by atoms with van der Waals surface area (Å²) in [6.45, 7) is 3.62. The molecule has 2 aromatic carbocycles. The van der Waals surface area contributed by atoms with E-state index in [1.807, 2.05) is 42.5 Å². The van der Waals surface area contributed by atoms with Crippen LogP contribution in [0.4, 0.5) is 10.1 Å². The average Bonchev–Trinajstić information content (AvgIpc) is 2.79. The number of fused-ring (bicyclic) bond motifs is 1. The fourth-order valence-electron chi connectivity index (χ4n) is 4.40. The van der Waals surface area contributed by atoms with E-state index in [2.05, 4.69) is 34.7 Å². The van der Waals surface area contributed by atoms with E-state index in [-0.39, 0.29) is 30.1 Å². The maximum Gasteiger partial charge on any atom is 0.307 e. The van der Waals surface area contributed by atoms with E-state index in [1.165, 1.54) is 17.8 Å². The van der Waals surface area contributed by atoms with E-state index in [9.17, 15) is 9.18 Å². The van der Waals surface area contributed by atoms with Gasteiger partial charge in [0.2, 0.25) is 0 Å². The predicted octanol–water partition coefficient (Wildman–Crippen LogP) is 4.57. The first kappa shape index (κ1) is 22.0. The zero-order valence-corrected chi connectivity index (χ0v) is 18.1. The monoisotopic (exact) mass is 433 g/mol. The highest BCUT2D eigenvalue weighted by Crippen LogP contribution is 2.32. The number of benzene rings is 2. The number of aliphatic carboxylic acids is 1. The van der Waals surface area contributed by atoms with E-state index >= 15 is 0 Å². The first-order valence-electron chi connectivity index (χ1n) is 11.0. The SMILES string of the molecule is CC(CN[C@H](c1ccccc1)[C@H]1CNc2cc(F)cnc2C1)c1cccc(CC(=O)O)c1. The number of nitrogens with one attached hydrogen (secondary N) is 2. The third-order valence-corrected chi connectivity index (χ3v) is 6.10. The smallest absolute Gasteiger partial charge is 0.307 e. The van der Waals surface area contributed by atoms with Crippen molar-refractivity contribution in [3.05, 3.63) is 95.1 Å². The molecule has 1 unspecified atom stereocenters. The Balaban J connectivity index is 1.50. The van der Waals surface area contributed by atoms with Crippen LogP contribution in [0.25, 0.3) is 0 Å². The number of nitrogens with zero attached hydrogens (tertiary/aromatic N) is 1. The van der Waals surface area contributed by atoms with Crippen LogP contribution >= 0.6 is 0 Å². The lowest BCUT2D eigenvalue weighted by Crippen LogP contribution is -2.37. The molecule has 4 rings (SSSR count). The van der Waals surface area contributed by atoms with Crippen molar-refractivity contribution in [1.29, 1.82) is 0 Å². The molecule has 0 bridgehead atoms. The molecule has 1 aromatic heterocycles. The van der Waals surface area contributed by atoms with Crippen LogP contribution in [-0.4, -0.2) is 29.1 Å². The van der Waals surface area contributed by atoms with Gasteiger partial charge >= 0.3 is 5.97 Å². The van der Waals surface area contributed by atoms with Gasteiger partial charge in [-0.15, -0.1) is 0 Å². The molecule has 3 N–H and O–H groups in total. The summed E-state index contributed by atoms with van der Waals surface area (Å²) in [5, 5.41) is 16.2. The molecule has 0 radical (unpaired) electrons. The Hall–Kier alpha value is -3.25. The molecule has 0 amide bonds. The number of hydrogen-bond donors (Lipinski definition) is 3. The summed E-state index contributed by atoms with van der Waals surface area (Å²) in [5.74, 6) is -0.679. The van der Waals surface area contributed by atoms with Crippen molar-refractivity contribution in [2.75, 3.05) is 18.4 Å². The molecular formula is C26H28FN3O2.